The van der Waals surface area contributed by atoms with E-state index < -0.39 is 6.03 Å². The summed E-state index contributed by atoms with van der Waals surface area (Å²) in [5.74, 6) is 5.20. The Morgan fingerprint density at radius 1 is 1.80 bits per heavy atom. The maximum atomic E-state index is 10.5. The smallest absolute Gasteiger partial charge is 0.257 e. The Bertz CT molecular complexity index is 159. The molecule has 58 valence electrons. The zero-order valence-corrected chi connectivity index (χ0v) is 6.34. The van der Waals surface area contributed by atoms with Gasteiger partial charge in [0.25, 0.3) is 0 Å². The number of hydrazine groups is 1. The molecule has 0 bridgehead atoms. The average Bonchev–Trinajstić information content (AvgIpc) is 1.80. The molecule has 0 aromatic carbocycles. The van der Waals surface area contributed by atoms with Gasteiger partial charge in [-0.1, -0.05) is 5.11 Å². The lowest BCUT2D eigenvalue weighted by Crippen LogP contribution is -2.42. The van der Waals surface area contributed by atoms with Gasteiger partial charge < -0.3 is 0 Å². The molecule has 0 aromatic heterocycles. The second kappa shape index (κ2) is 3.48. The second-order valence-corrected chi connectivity index (χ2v) is 2.00. The molecule has 6 heteroatoms. The van der Waals surface area contributed by atoms with Crippen LogP contribution in [0.3, 0.4) is 0 Å². The number of hydrogen-bond acceptors (Lipinski definition) is 3. The quantitative estimate of drug-likeness (QED) is 0.420. The summed E-state index contributed by atoms with van der Waals surface area (Å²) in [6.07, 6.45) is 0. The highest BCUT2D eigenvalue weighted by Crippen LogP contribution is 2.01. The molecule has 5 nitrogen and oxygen atoms in total. The first kappa shape index (κ1) is 9.32. The van der Waals surface area contributed by atoms with Crippen LogP contribution in [0.1, 0.15) is 6.92 Å². The molecule has 0 saturated carbocycles. The molecular formula is C4H9ClN4O. The third kappa shape index (κ3) is 1.93. The van der Waals surface area contributed by atoms with Crippen LogP contribution in [0.2, 0.25) is 0 Å². The van der Waals surface area contributed by atoms with E-state index in [1.54, 1.807) is 0 Å². The number of halogens is 1. The molecule has 2 amide bonds. The van der Waals surface area contributed by atoms with Gasteiger partial charge >= 0.3 is 6.03 Å². The molecule has 1 atom stereocenters. The molecule has 2 N–H and O–H groups in total. The molecular weight excluding hydrogens is 156 g/mol. The van der Waals surface area contributed by atoms with Crippen LogP contribution in [-0.2, 0) is 0 Å². The van der Waals surface area contributed by atoms with Crippen molar-refractivity contribution in [2.24, 2.45) is 16.1 Å². The van der Waals surface area contributed by atoms with Crippen LogP contribution in [0.25, 0.3) is 0 Å². The normalized spacial score (nSPS) is 24.4. The molecule has 0 fully saturated rings. The molecule has 1 unspecified atom stereocenters. The highest BCUT2D eigenvalue weighted by atomic mass is 35.5. The molecule has 0 radical (unpaired) electrons. The number of amides is 2. The van der Waals surface area contributed by atoms with Crippen LogP contribution in [0.5, 0.6) is 0 Å². The summed E-state index contributed by atoms with van der Waals surface area (Å²) in [5, 5.41) is 7.95. The van der Waals surface area contributed by atoms with Gasteiger partial charge in [-0.2, -0.15) is 5.11 Å². The minimum absolute atomic E-state index is 0. The maximum absolute atomic E-state index is 10.5. The van der Waals surface area contributed by atoms with Crippen LogP contribution < -0.4 is 5.84 Å². The van der Waals surface area contributed by atoms with Crippen LogP contribution in [0.4, 0.5) is 4.79 Å². The largest absolute Gasteiger partial charge is 0.376 e. The molecule has 0 aromatic rings. The minimum atomic E-state index is -0.465. The van der Waals surface area contributed by atoms with Gasteiger partial charge in [0.05, 0.1) is 12.6 Å². The number of urea groups is 1. The zero-order valence-electron chi connectivity index (χ0n) is 5.52. The third-order valence-corrected chi connectivity index (χ3v) is 1.05. The summed E-state index contributed by atoms with van der Waals surface area (Å²) in [4.78, 5) is 10.5. The van der Waals surface area contributed by atoms with Crippen molar-refractivity contribution in [1.82, 2.24) is 5.01 Å². The number of azo groups is 1. The fourth-order valence-corrected chi connectivity index (χ4v) is 0.605. The predicted octanol–water partition coefficient (Wildman–Crippen LogP) is 0.558. The third-order valence-electron chi connectivity index (χ3n) is 1.05. The van der Waals surface area contributed by atoms with E-state index in [9.17, 15) is 4.79 Å². The van der Waals surface area contributed by atoms with Crippen molar-refractivity contribution < 1.29 is 4.79 Å². The van der Waals surface area contributed by atoms with Crippen LogP contribution in [0, 0.1) is 0 Å². The Balaban J connectivity index is 0.000000810. The molecule has 0 spiro atoms. The lowest BCUT2D eigenvalue weighted by atomic mass is 10.3. The Morgan fingerprint density at radius 3 is 2.80 bits per heavy atom. The van der Waals surface area contributed by atoms with Crippen molar-refractivity contribution in [1.29, 1.82) is 0 Å². The van der Waals surface area contributed by atoms with E-state index >= 15 is 0 Å². The highest BCUT2D eigenvalue weighted by molar-refractivity contribution is 5.85. The number of carbonyl (C=O) groups excluding carboxylic acids is 1. The Hall–Kier alpha value is -0.680. The number of nitrogens with two attached hydrogens (primary N) is 1. The van der Waals surface area contributed by atoms with E-state index in [-0.39, 0.29) is 18.4 Å². The molecule has 1 heterocycles. The van der Waals surface area contributed by atoms with Crippen molar-refractivity contribution in [3.63, 3.8) is 0 Å². The van der Waals surface area contributed by atoms with E-state index in [4.69, 9.17) is 5.84 Å². The summed E-state index contributed by atoms with van der Waals surface area (Å²) in [7, 11) is 0. The van der Waals surface area contributed by atoms with Crippen LogP contribution >= 0.6 is 12.4 Å². The lowest BCUT2D eigenvalue weighted by molar-refractivity contribution is 0.196. The van der Waals surface area contributed by atoms with Gasteiger partial charge in [0.15, 0.2) is 0 Å². The van der Waals surface area contributed by atoms with Gasteiger partial charge in [-0.15, -0.1) is 12.4 Å². The van der Waals surface area contributed by atoms with Crippen LogP contribution in [-0.4, -0.2) is 23.6 Å². The summed E-state index contributed by atoms with van der Waals surface area (Å²) >= 11 is 0. The zero-order chi connectivity index (χ0) is 6.85. The van der Waals surface area contributed by atoms with Gasteiger partial charge in [0.1, 0.15) is 0 Å². The molecule has 10 heavy (non-hydrogen) atoms. The van der Waals surface area contributed by atoms with E-state index in [0.717, 1.165) is 5.01 Å². The first-order chi connectivity index (χ1) is 4.20. The molecule has 1 aliphatic heterocycles. The molecule has 1 aliphatic rings. The average molecular weight is 165 g/mol. The first-order valence-electron chi connectivity index (χ1n) is 2.67. The van der Waals surface area contributed by atoms with Gasteiger partial charge in [0.2, 0.25) is 0 Å². The predicted molar refractivity (Wildman–Crippen MR) is 37.9 cm³/mol. The van der Waals surface area contributed by atoms with Crippen molar-refractivity contribution in [3.05, 3.63) is 0 Å². The van der Waals surface area contributed by atoms with Crippen molar-refractivity contribution in [3.8, 4) is 0 Å². The number of nitrogens with zero attached hydrogens (tertiary/aromatic N) is 3. The Morgan fingerprint density at radius 2 is 2.40 bits per heavy atom. The summed E-state index contributed by atoms with van der Waals surface area (Å²) in [6, 6.07) is -0.430. The summed E-state index contributed by atoms with van der Waals surface area (Å²) in [6.45, 7) is 2.30. The minimum Gasteiger partial charge on any atom is -0.257 e. The van der Waals surface area contributed by atoms with E-state index in [2.05, 4.69) is 10.2 Å². The van der Waals surface area contributed by atoms with Crippen molar-refractivity contribution >= 4 is 18.4 Å². The standard InChI is InChI=1S/C4H8N4O.ClH/c1-3-2-8(5)4(9)7-6-3;/h3H,2,5H2,1H3;1H. The fourth-order valence-electron chi connectivity index (χ4n) is 0.605. The van der Waals surface area contributed by atoms with E-state index in [1.807, 2.05) is 6.92 Å². The Kier molecular flexibility index (Phi) is 3.24. The van der Waals surface area contributed by atoms with Crippen molar-refractivity contribution in [2.45, 2.75) is 13.0 Å². The number of carbonyl (C=O) groups is 1. The number of rotatable bonds is 0. The second-order valence-electron chi connectivity index (χ2n) is 2.00. The topological polar surface area (TPSA) is 71.0 Å². The molecule has 0 saturated heterocycles. The summed E-state index contributed by atoms with van der Waals surface area (Å²) < 4.78 is 0. The van der Waals surface area contributed by atoms with E-state index in [1.165, 1.54) is 0 Å². The lowest BCUT2D eigenvalue weighted by Gasteiger charge is -2.18. The summed E-state index contributed by atoms with van der Waals surface area (Å²) in [5.41, 5.74) is 0. The van der Waals surface area contributed by atoms with Gasteiger partial charge in [-0.3, -0.25) is 5.01 Å². The van der Waals surface area contributed by atoms with Gasteiger partial charge in [-0.25, -0.2) is 10.6 Å². The monoisotopic (exact) mass is 164 g/mol. The van der Waals surface area contributed by atoms with Crippen LogP contribution in [0.15, 0.2) is 10.2 Å². The fraction of sp³-hybridized carbons (Fsp3) is 0.750. The highest BCUT2D eigenvalue weighted by Gasteiger charge is 2.16. The molecule has 1 rings (SSSR count). The van der Waals surface area contributed by atoms with Gasteiger partial charge in [-0.05, 0) is 6.92 Å². The van der Waals surface area contributed by atoms with Crippen molar-refractivity contribution in [2.75, 3.05) is 6.54 Å². The van der Waals surface area contributed by atoms with E-state index in [0.29, 0.717) is 6.54 Å². The SMILES string of the molecule is CC1CN(N)C(=O)N=N1.Cl. The number of hydrogen-bond donors (Lipinski definition) is 1. The first-order valence-corrected chi connectivity index (χ1v) is 2.67. The van der Waals surface area contributed by atoms with Gasteiger partial charge in [0, 0.05) is 0 Å². The Labute approximate surface area is 64.7 Å². The maximum Gasteiger partial charge on any atom is 0.376 e. The molecule has 0 aliphatic carbocycles.